The van der Waals surface area contributed by atoms with Gasteiger partial charge >= 0.3 is 6.18 Å². The molecule has 3 heterocycles. The minimum atomic E-state index is -4.42. The standard InChI is InChI=1S/C18H13F3N4.ClH/c1-24-16(18(19,20)21)10-14(23-24)12-5-7-13(8-6-12)15-11-25-9-3-2-4-17(25)22-15;/h2-11H,1H3;1H. The van der Waals surface area contributed by atoms with Crippen LogP contribution in [0.15, 0.2) is 60.9 Å². The zero-order valence-corrected chi connectivity index (χ0v) is 14.4. The van der Waals surface area contributed by atoms with Gasteiger partial charge in [0.2, 0.25) is 0 Å². The van der Waals surface area contributed by atoms with Crippen molar-refractivity contribution in [3.05, 3.63) is 66.6 Å². The normalized spacial score (nSPS) is 11.5. The lowest BCUT2D eigenvalue weighted by atomic mass is 10.1. The third-order valence-electron chi connectivity index (χ3n) is 4.01. The van der Waals surface area contributed by atoms with Gasteiger partial charge in [0, 0.05) is 30.6 Å². The number of halogens is 4. The second-order valence-electron chi connectivity index (χ2n) is 5.71. The molecule has 4 rings (SSSR count). The topological polar surface area (TPSA) is 35.1 Å². The fourth-order valence-electron chi connectivity index (χ4n) is 2.76. The maximum atomic E-state index is 12.9. The number of aryl methyl sites for hydroxylation is 1. The lowest BCUT2D eigenvalue weighted by molar-refractivity contribution is -0.143. The number of pyridine rings is 1. The van der Waals surface area contributed by atoms with Crippen molar-refractivity contribution in [1.82, 2.24) is 19.2 Å². The molecule has 0 atom stereocenters. The summed E-state index contributed by atoms with van der Waals surface area (Å²) in [6, 6.07) is 14.0. The summed E-state index contributed by atoms with van der Waals surface area (Å²) >= 11 is 0. The molecule has 0 fully saturated rings. The van der Waals surface area contributed by atoms with Crippen molar-refractivity contribution in [2.45, 2.75) is 6.18 Å². The van der Waals surface area contributed by atoms with Crippen LogP contribution in [0.2, 0.25) is 0 Å². The van der Waals surface area contributed by atoms with Crippen molar-refractivity contribution < 1.29 is 13.2 Å². The molecule has 0 saturated carbocycles. The molecule has 0 radical (unpaired) electrons. The largest absolute Gasteiger partial charge is 0.433 e. The summed E-state index contributed by atoms with van der Waals surface area (Å²) in [5.41, 5.74) is 2.66. The number of rotatable bonds is 2. The van der Waals surface area contributed by atoms with Crippen LogP contribution in [0, 0.1) is 0 Å². The molecule has 0 saturated heterocycles. The Morgan fingerprint density at radius 2 is 1.58 bits per heavy atom. The van der Waals surface area contributed by atoms with Gasteiger partial charge in [0.05, 0.1) is 11.4 Å². The average molecular weight is 379 g/mol. The first-order valence-corrected chi connectivity index (χ1v) is 7.57. The lowest BCUT2D eigenvalue weighted by Gasteiger charge is -2.04. The van der Waals surface area contributed by atoms with Crippen LogP contribution in [0.25, 0.3) is 28.2 Å². The third kappa shape index (κ3) is 3.17. The first kappa shape index (κ1) is 18.0. The Kier molecular flexibility index (Phi) is 4.50. The molecule has 0 spiro atoms. The summed E-state index contributed by atoms with van der Waals surface area (Å²) in [5.74, 6) is 0. The Hall–Kier alpha value is -2.80. The predicted molar refractivity (Wildman–Crippen MR) is 95.1 cm³/mol. The van der Waals surface area contributed by atoms with Crippen LogP contribution in [0.3, 0.4) is 0 Å². The smallest absolute Gasteiger partial charge is 0.306 e. The van der Waals surface area contributed by atoms with Crippen LogP contribution in [-0.4, -0.2) is 19.2 Å². The van der Waals surface area contributed by atoms with Crippen LogP contribution in [0.5, 0.6) is 0 Å². The molecular weight excluding hydrogens is 365 g/mol. The van der Waals surface area contributed by atoms with E-state index in [1.54, 1.807) is 12.1 Å². The van der Waals surface area contributed by atoms with E-state index in [1.807, 2.05) is 47.1 Å². The van der Waals surface area contributed by atoms with E-state index in [9.17, 15) is 13.2 Å². The maximum Gasteiger partial charge on any atom is 0.433 e. The molecule has 0 amide bonds. The van der Waals surface area contributed by atoms with Crippen molar-refractivity contribution in [3.63, 3.8) is 0 Å². The summed E-state index contributed by atoms with van der Waals surface area (Å²) in [6.45, 7) is 0. The Labute approximate surface area is 153 Å². The van der Waals surface area contributed by atoms with Crippen molar-refractivity contribution >= 4 is 18.1 Å². The Morgan fingerprint density at radius 3 is 2.15 bits per heavy atom. The highest BCUT2D eigenvalue weighted by atomic mass is 35.5. The van der Waals surface area contributed by atoms with E-state index in [2.05, 4.69) is 10.1 Å². The van der Waals surface area contributed by atoms with Gasteiger partial charge in [0.15, 0.2) is 0 Å². The van der Waals surface area contributed by atoms with Gasteiger partial charge in [0.1, 0.15) is 11.3 Å². The van der Waals surface area contributed by atoms with Gasteiger partial charge in [-0.2, -0.15) is 18.3 Å². The molecule has 4 aromatic rings. The van der Waals surface area contributed by atoms with Gasteiger partial charge < -0.3 is 4.40 Å². The van der Waals surface area contributed by atoms with Gasteiger partial charge in [-0.3, -0.25) is 4.68 Å². The van der Waals surface area contributed by atoms with E-state index < -0.39 is 11.9 Å². The highest BCUT2D eigenvalue weighted by molar-refractivity contribution is 5.85. The number of alkyl halides is 3. The first-order chi connectivity index (χ1) is 11.9. The average Bonchev–Trinajstić information content (AvgIpc) is 3.18. The third-order valence-corrected chi connectivity index (χ3v) is 4.01. The number of fused-ring (bicyclic) bond motifs is 1. The predicted octanol–water partition coefficient (Wildman–Crippen LogP) is 4.84. The maximum absolute atomic E-state index is 12.9. The SMILES string of the molecule is Cl.Cn1nc(-c2ccc(-c3cn4ccccc4n3)cc2)cc1C(F)(F)F. The molecule has 0 unspecified atom stereocenters. The summed E-state index contributed by atoms with van der Waals surface area (Å²) in [7, 11) is 1.29. The van der Waals surface area contributed by atoms with E-state index in [0.717, 1.165) is 27.7 Å². The van der Waals surface area contributed by atoms with Gasteiger partial charge in [0.25, 0.3) is 0 Å². The van der Waals surface area contributed by atoms with Crippen LogP contribution in [0.1, 0.15) is 5.69 Å². The number of hydrogen-bond acceptors (Lipinski definition) is 2. The van der Waals surface area contributed by atoms with E-state index >= 15 is 0 Å². The number of aromatic nitrogens is 4. The van der Waals surface area contributed by atoms with E-state index in [1.165, 1.54) is 7.05 Å². The van der Waals surface area contributed by atoms with Gasteiger partial charge in [-0.15, -0.1) is 12.4 Å². The van der Waals surface area contributed by atoms with Gasteiger partial charge in [-0.1, -0.05) is 30.3 Å². The molecule has 134 valence electrons. The van der Waals surface area contributed by atoms with Gasteiger partial charge in [-0.05, 0) is 18.2 Å². The Morgan fingerprint density at radius 1 is 0.923 bits per heavy atom. The summed E-state index contributed by atoms with van der Waals surface area (Å²) in [5, 5.41) is 3.96. The molecule has 0 aliphatic carbocycles. The van der Waals surface area contributed by atoms with Crippen LogP contribution in [-0.2, 0) is 13.2 Å². The fourth-order valence-corrected chi connectivity index (χ4v) is 2.76. The fraction of sp³-hybridized carbons (Fsp3) is 0.111. The number of benzene rings is 1. The molecule has 3 aromatic heterocycles. The molecule has 0 aliphatic heterocycles. The summed E-state index contributed by atoms with van der Waals surface area (Å²) < 4.78 is 41.4. The zero-order valence-electron chi connectivity index (χ0n) is 13.6. The summed E-state index contributed by atoms with van der Waals surface area (Å²) in [4.78, 5) is 4.53. The van der Waals surface area contributed by atoms with Crippen molar-refractivity contribution in [3.8, 4) is 22.5 Å². The lowest BCUT2D eigenvalue weighted by Crippen LogP contribution is -2.11. The second-order valence-corrected chi connectivity index (χ2v) is 5.71. The number of imidazole rings is 1. The zero-order chi connectivity index (χ0) is 17.6. The molecule has 8 heteroatoms. The summed E-state index contributed by atoms with van der Waals surface area (Å²) in [6.07, 6.45) is -0.601. The molecule has 1 aromatic carbocycles. The highest BCUT2D eigenvalue weighted by Gasteiger charge is 2.35. The van der Waals surface area contributed by atoms with Gasteiger partial charge in [-0.25, -0.2) is 4.98 Å². The van der Waals surface area contributed by atoms with Crippen LogP contribution in [0.4, 0.5) is 13.2 Å². The number of nitrogens with zero attached hydrogens (tertiary/aromatic N) is 4. The highest BCUT2D eigenvalue weighted by Crippen LogP contribution is 2.32. The van der Waals surface area contributed by atoms with Crippen molar-refractivity contribution in [1.29, 1.82) is 0 Å². The Balaban J connectivity index is 0.00000196. The number of hydrogen-bond donors (Lipinski definition) is 0. The first-order valence-electron chi connectivity index (χ1n) is 7.57. The van der Waals surface area contributed by atoms with E-state index in [0.29, 0.717) is 5.56 Å². The molecule has 26 heavy (non-hydrogen) atoms. The van der Waals surface area contributed by atoms with Crippen molar-refractivity contribution in [2.75, 3.05) is 0 Å². The van der Waals surface area contributed by atoms with Crippen LogP contribution < -0.4 is 0 Å². The van der Waals surface area contributed by atoms with Crippen LogP contribution >= 0.6 is 12.4 Å². The molecule has 0 N–H and O–H groups in total. The molecular formula is C18H14ClF3N4. The van der Waals surface area contributed by atoms with E-state index in [4.69, 9.17) is 0 Å². The minimum absolute atomic E-state index is 0. The molecule has 0 aliphatic rings. The van der Waals surface area contributed by atoms with Crippen molar-refractivity contribution in [2.24, 2.45) is 7.05 Å². The monoisotopic (exact) mass is 378 g/mol. The molecule has 4 nitrogen and oxygen atoms in total. The molecule has 0 bridgehead atoms. The quantitative estimate of drug-likeness (QED) is 0.500. The second kappa shape index (κ2) is 6.49. The minimum Gasteiger partial charge on any atom is -0.306 e. The van der Waals surface area contributed by atoms with E-state index in [-0.39, 0.29) is 18.1 Å². The Bertz CT molecular complexity index is 1020.